The van der Waals surface area contributed by atoms with Crippen molar-refractivity contribution >= 4 is 0 Å². The molecular formula is CHF3OZn. The average Bonchev–Trinajstić information content (AvgIpc) is 0.722. The first-order valence-electron chi connectivity index (χ1n) is 0.791. The second kappa shape index (κ2) is 2.53. The van der Waals surface area contributed by atoms with Crippen molar-refractivity contribution in [2.45, 2.75) is 6.36 Å². The quantitative estimate of drug-likeness (QED) is 0.500. The van der Waals surface area contributed by atoms with Crippen molar-refractivity contribution < 1.29 is 37.8 Å². The summed E-state index contributed by atoms with van der Waals surface area (Å²) in [4.78, 5) is 0. The Balaban J connectivity index is 0. The number of alkyl halides is 3. The van der Waals surface area contributed by atoms with E-state index in [0.29, 0.717) is 0 Å². The van der Waals surface area contributed by atoms with Crippen LogP contribution in [0.4, 0.5) is 13.2 Å². The summed E-state index contributed by atoms with van der Waals surface area (Å²) in [7, 11) is 0. The molecule has 34 valence electrons. The molecule has 0 aliphatic heterocycles. The molecule has 0 saturated heterocycles. The summed E-state index contributed by atoms with van der Waals surface area (Å²) in [6.07, 6.45) is -5.00. The Labute approximate surface area is 44.9 Å². The van der Waals surface area contributed by atoms with Crippen molar-refractivity contribution in [1.29, 1.82) is 0 Å². The van der Waals surface area contributed by atoms with E-state index in [1.165, 1.54) is 0 Å². The summed E-state index contributed by atoms with van der Waals surface area (Å²) in [5, 5.41) is 6.52. The first-order chi connectivity index (χ1) is 2.00. The third-order valence-corrected chi connectivity index (χ3v) is 0. The van der Waals surface area contributed by atoms with Crippen LogP contribution in [0.2, 0.25) is 0 Å². The van der Waals surface area contributed by atoms with Gasteiger partial charge in [0.05, 0.1) is 0 Å². The maximum absolute atomic E-state index is 9.91. The minimum Gasteiger partial charge on any atom is -0.308 e. The third-order valence-electron chi connectivity index (χ3n) is 0. The molecule has 6 heavy (non-hydrogen) atoms. The van der Waals surface area contributed by atoms with Crippen LogP contribution in [0.3, 0.4) is 0 Å². The molecule has 0 amide bonds. The van der Waals surface area contributed by atoms with Crippen molar-refractivity contribution in [2.24, 2.45) is 0 Å². The molecule has 0 rings (SSSR count). The van der Waals surface area contributed by atoms with Gasteiger partial charge in [-0.05, 0) is 0 Å². The van der Waals surface area contributed by atoms with Gasteiger partial charge in [-0.1, -0.05) is 0 Å². The Morgan fingerprint density at radius 2 is 1.17 bits per heavy atom. The van der Waals surface area contributed by atoms with E-state index in [4.69, 9.17) is 5.11 Å². The fourth-order valence-corrected chi connectivity index (χ4v) is 0. The van der Waals surface area contributed by atoms with Gasteiger partial charge in [-0.2, -0.15) is 0 Å². The molecule has 0 radical (unpaired) electrons. The van der Waals surface area contributed by atoms with Crippen molar-refractivity contribution in [3.05, 3.63) is 0 Å². The maximum atomic E-state index is 9.91. The standard InChI is InChI=1S/CHF3O.Zn/c2-1(3,4)5;/h5H;. The molecule has 1 nitrogen and oxygen atoms in total. The topological polar surface area (TPSA) is 20.2 Å². The first kappa shape index (κ1) is 9.62. The van der Waals surface area contributed by atoms with Gasteiger partial charge in [-0.25, -0.2) is 0 Å². The summed E-state index contributed by atoms with van der Waals surface area (Å²) in [6, 6.07) is 0. The summed E-state index contributed by atoms with van der Waals surface area (Å²) < 4.78 is 29.7. The van der Waals surface area contributed by atoms with Crippen LogP contribution in [-0.2, 0) is 19.5 Å². The molecule has 0 atom stereocenters. The number of aliphatic hydroxyl groups is 1. The molecule has 0 saturated carbocycles. The van der Waals surface area contributed by atoms with Crippen molar-refractivity contribution in [2.75, 3.05) is 0 Å². The molecule has 0 heterocycles. The van der Waals surface area contributed by atoms with Crippen molar-refractivity contribution in [3.8, 4) is 0 Å². The van der Waals surface area contributed by atoms with E-state index in [-0.39, 0.29) is 19.5 Å². The van der Waals surface area contributed by atoms with Gasteiger partial charge in [0.1, 0.15) is 0 Å². The van der Waals surface area contributed by atoms with Crippen LogP contribution in [-0.4, -0.2) is 11.5 Å². The normalized spacial score (nSPS) is 10.0. The van der Waals surface area contributed by atoms with Crippen LogP contribution >= 0.6 is 0 Å². The zero-order chi connectivity index (χ0) is 4.50. The fraction of sp³-hybridized carbons (Fsp3) is 1.00. The van der Waals surface area contributed by atoms with E-state index in [9.17, 15) is 13.2 Å². The minimum atomic E-state index is -5.00. The van der Waals surface area contributed by atoms with E-state index >= 15 is 0 Å². The SMILES string of the molecule is OC(F)(F)F.[Zn]. The molecule has 0 aromatic heterocycles. The zero-order valence-corrected chi connectivity index (χ0v) is 5.76. The third kappa shape index (κ3) is 357. The van der Waals surface area contributed by atoms with Crippen LogP contribution in [0, 0.1) is 0 Å². The number of hydrogen-bond donors (Lipinski definition) is 1. The van der Waals surface area contributed by atoms with Crippen LogP contribution in [0.15, 0.2) is 0 Å². The molecule has 0 bridgehead atoms. The van der Waals surface area contributed by atoms with Gasteiger partial charge in [0.2, 0.25) is 0 Å². The van der Waals surface area contributed by atoms with Gasteiger partial charge < -0.3 is 5.11 Å². The van der Waals surface area contributed by atoms with Crippen LogP contribution in [0.5, 0.6) is 0 Å². The zero-order valence-electron chi connectivity index (χ0n) is 2.79. The van der Waals surface area contributed by atoms with Crippen LogP contribution < -0.4 is 0 Å². The summed E-state index contributed by atoms with van der Waals surface area (Å²) >= 11 is 0. The van der Waals surface area contributed by atoms with E-state index in [1.54, 1.807) is 0 Å². The molecule has 0 fully saturated rings. The monoisotopic (exact) mass is 150 g/mol. The Kier molecular flexibility index (Phi) is 4.06. The van der Waals surface area contributed by atoms with Crippen molar-refractivity contribution in [1.82, 2.24) is 0 Å². The van der Waals surface area contributed by atoms with Gasteiger partial charge in [0.25, 0.3) is 0 Å². The Morgan fingerprint density at radius 3 is 1.17 bits per heavy atom. The van der Waals surface area contributed by atoms with Gasteiger partial charge >= 0.3 is 6.36 Å². The number of rotatable bonds is 0. The van der Waals surface area contributed by atoms with Crippen molar-refractivity contribution in [3.63, 3.8) is 0 Å². The second-order valence-electron chi connectivity index (χ2n) is 0.468. The predicted octanol–water partition coefficient (Wildman–Crippen LogP) is 0.496. The minimum absolute atomic E-state index is 0. The van der Waals surface area contributed by atoms with E-state index in [0.717, 1.165) is 0 Å². The molecule has 0 spiro atoms. The summed E-state index contributed by atoms with van der Waals surface area (Å²) in [5.41, 5.74) is 0. The molecule has 5 heteroatoms. The molecule has 0 unspecified atom stereocenters. The van der Waals surface area contributed by atoms with Crippen LogP contribution in [0.1, 0.15) is 0 Å². The van der Waals surface area contributed by atoms with Gasteiger partial charge in [0.15, 0.2) is 0 Å². The number of hydrogen-bond acceptors (Lipinski definition) is 1. The van der Waals surface area contributed by atoms with Gasteiger partial charge in [-0.3, -0.25) is 0 Å². The Hall–Kier alpha value is 0.373. The molecule has 0 aliphatic carbocycles. The van der Waals surface area contributed by atoms with E-state index in [2.05, 4.69) is 0 Å². The summed E-state index contributed by atoms with van der Waals surface area (Å²) in [6.45, 7) is 0. The Morgan fingerprint density at radius 1 is 1.17 bits per heavy atom. The molecule has 0 aliphatic rings. The first-order valence-corrected chi connectivity index (χ1v) is 0.791. The van der Waals surface area contributed by atoms with Gasteiger partial charge in [-0.15, -0.1) is 13.2 Å². The Bertz CT molecular complexity index is 26.3. The maximum Gasteiger partial charge on any atom is 0.519 e. The largest absolute Gasteiger partial charge is 0.519 e. The van der Waals surface area contributed by atoms with E-state index in [1.807, 2.05) is 0 Å². The second-order valence-corrected chi connectivity index (χ2v) is 0.468. The average molecular weight is 151 g/mol. The molecular weight excluding hydrogens is 150 g/mol. The predicted molar refractivity (Wildman–Crippen MR) is 8.27 cm³/mol. The van der Waals surface area contributed by atoms with Crippen LogP contribution in [0.25, 0.3) is 0 Å². The molecule has 0 aromatic carbocycles. The fourth-order valence-electron chi connectivity index (χ4n) is 0. The number of halogens is 3. The summed E-state index contributed by atoms with van der Waals surface area (Å²) in [5.74, 6) is 0. The van der Waals surface area contributed by atoms with E-state index < -0.39 is 6.36 Å². The smallest absolute Gasteiger partial charge is 0.308 e. The van der Waals surface area contributed by atoms with Gasteiger partial charge in [0, 0.05) is 19.5 Å². The molecule has 1 N–H and O–H groups in total. The molecule has 0 aromatic rings.